The monoisotopic (exact) mass is 477 g/mol. The van der Waals surface area contributed by atoms with E-state index in [9.17, 15) is 14.4 Å². The Morgan fingerprint density at radius 1 is 1.19 bits per heavy atom. The summed E-state index contributed by atoms with van der Waals surface area (Å²) in [5.74, 6) is -0.486. The highest BCUT2D eigenvalue weighted by Gasteiger charge is 2.47. The molecule has 3 heterocycles. The van der Waals surface area contributed by atoms with E-state index >= 15 is 0 Å². The normalized spacial score (nSPS) is 20.4. The minimum absolute atomic E-state index is 0.0864. The predicted molar refractivity (Wildman–Crippen MR) is 124 cm³/mol. The summed E-state index contributed by atoms with van der Waals surface area (Å²) in [7, 11) is 0. The number of nitrogens with zero attached hydrogens (tertiary/aromatic N) is 1. The van der Waals surface area contributed by atoms with Crippen molar-refractivity contribution in [3.63, 3.8) is 0 Å². The number of rotatable bonds is 2. The average molecular weight is 478 g/mol. The Morgan fingerprint density at radius 2 is 1.94 bits per heavy atom. The summed E-state index contributed by atoms with van der Waals surface area (Å²) in [6.07, 6.45) is 2.10. The molecule has 0 radical (unpaired) electrons. The van der Waals surface area contributed by atoms with Gasteiger partial charge in [-0.05, 0) is 62.1 Å². The van der Waals surface area contributed by atoms with Crippen LogP contribution in [0, 0.1) is 0 Å². The molecule has 1 aromatic heterocycles. The number of hydrogen-bond acceptors (Lipinski definition) is 4. The third-order valence-corrected chi connectivity index (χ3v) is 6.63. The van der Waals surface area contributed by atoms with Gasteiger partial charge in [0.15, 0.2) is 5.78 Å². The Hall–Kier alpha value is -2.99. The number of amides is 1. The second kappa shape index (κ2) is 6.76. The van der Waals surface area contributed by atoms with E-state index in [1.807, 2.05) is 32.0 Å². The van der Waals surface area contributed by atoms with Crippen molar-refractivity contribution in [2.45, 2.75) is 38.6 Å². The van der Waals surface area contributed by atoms with E-state index in [1.165, 1.54) is 12.1 Å². The molecule has 2 aromatic carbocycles. The molecule has 0 spiro atoms. The fourth-order valence-corrected chi connectivity index (χ4v) is 5.37. The summed E-state index contributed by atoms with van der Waals surface area (Å²) in [4.78, 5) is 40.8. The Balaban J connectivity index is 1.68. The van der Waals surface area contributed by atoms with Gasteiger partial charge in [-0.1, -0.05) is 41.1 Å². The number of carbonyl (C=O) groups is 2. The Morgan fingerprint density at radius 3 is 2.71 bits per heavy atom. The van der Waals surface area contributed by atoms with Gasteiger partial charge in [0.1, 0.15) is 11.1 Å². The van der Waals surface area contributed by atoms with Crippen molar-refractivity contribution in [2.75, 3.05) is 4.90 Å². The van der Waals surface area contributed by atoms with Crippen LogP contribution in [0.2, 0.25) is 0 Å². The maximum absolute atomic E-state index is 13.5. The lowest BCUT2D eigenvalue weighted by Crippen LogP contribution is -2.49. The van der Waals surface area contributed by atoms with E-state index in [4.69, 9.17) is 4.42 Å². The van der Waals surface area contributed by atoms with E-state index in [2.05, 4.69) is 22.9 Å². The van der Waals surface area contributed by atoms with Crippen LogP contribution >= 0.6 is 15.9 Å². The minimum atomic E-state index is -0.712. The Labute approximate surface area is 187 Å². The first kappa shape index (κ1) is 19.9. The summed E-state index contributed by atoms with van der Waals surface area (Å²) in [5, 5.41) is 0.654. The van der Waals surface area contributed by atoms with Gasteiger partial charge in [0, 0.05) is 21.0 Å². The first-order valence-corrected chi connectivity index (χ1v) is 10.9. The van der Waals surface area contributed by atoms with Crippen molar-refractivity contribution in [1.29, 1.82) is 0 Å². The molecule has 156 valence electrons. The van der Waals surface area contributed by atoms with Gasteiger partial charge in [-0.25, -0.2) is 4.79 Å². The summed E-state index contributed by atoms with van der Waals surface area (Å²) in [6.45, 7) is 6.23. The molecule has 3 aromatic rings. The van der Waals surface area contributed by atoms with Crippen LogP contribution in [-0.4, -0.2) is 17.2 Å². The molecule has 1 amide bonds. The molecule has 5 nitrogen and oxygen atoms in total. The maximum atomic E-state index is 13.5. The molecule has 2 aliphatic heterocycles. The van der Waals surface area contributed by atoms with Crippen LogP contribution in [0.15, 0.2) is 62.2 Å². The highest BCUT2D eigenvalue weighted by molar-refractivity contribution is 9.10. The zero-order valence-electron chi connectivity index (χ0n) is 17.4. The number of ketones is 1. The standard InChI is InChI=1S/C25H20BrNO4/c1-13-12-25(2,3)27-22-16(13)9-15(26)10-17(22)18(23(27)29)11-20(28)19-8-14-6-4-5-7-21(14)31-24(19)30/h4-11,13H,12H2,1-3H3. The number of benzene rings is 2. The number of fused-ring (bicyclic) bond motifs is 1. The van der Waals surface area contributed by atoms with Crippen molar-refractivity contribution < 1.29 is 14.0 Å². The predicted octanol–water partition coefficient (Wildman–Crippen LogP) is 5.45. The molecule has 1 atom stereocenters. The lowest BCUT2D eigenvalue weighted by molar-refractivity contribution is -0.114. The molecule has 0 aliphatic carbocycles. The lowest BCUT2D eigenvalue weighted by atomic mass is 9.80. The molecule has 0 fully saturated rings. The van der Waals surface area contributed by atoms with Crippen LogP contribution in [0.1, 0.15) is 54.6 Å². The molecule has 5 rings (SSSR count). The highest BCUT2D eigenvalue weighted by Crippen LogP contribution is 2.52. The smallest absolute Gasteiger partial charge is 0.347 e. The molecule has 0 saturated heterocycles. The highest BCUT2D eigenvalue weighted by atomic mass is 79.9. The number of para-hydroxylation sites is 1. The molecule has 1 unspecified atom stereocenters. The molecule has 0 N–H and O–H groups in total. The largest absolute Gasteiger partial charge is 0.422 e. The van der Waals surface area contributed by atoms with Crippen LogP contribution in [0.25, 0.3) is 16.5 Å². The molecular weight excluding hydrogens is 458 g/mol. The van der Waals surface area contributed by atoms with E-state index in [-0.39, 0.29) is 22.9 Å². The van der Waals surface area contributed by atoms with Crippen LogP contribution in [-0.2, 0) is 4.79 Å². The molecule has 2 aliphatic rings. The fourth-order valence-electron chi connectivity index (χ4n) is 4.90. The number of halogens is 1. The van der Waals surface area contributed by atoms with Gasteiger partial charge >= 0.3 is 5.63 Å². The van der Waals surface area contributed by atoms with Crippen molar-refractivity contribution in [2.24, 2.45) is 0 Å². The molecule has 6 heteroatoms. The Bertz CT molecular complexity index is 1380. The van der Waals surface area contributed by atoms with E-state index in [1.54, 1.807) is 23.1 Å². The van der Waals surface area contributed by atoms with Crippen LogP contribution < -0.4 is 10.5 Å². The van der Waals surface area contributed by atoms with Crippen LogP contribution in [0.4, 0.5) is 5.69 Å². The van der Waals surface area contributed by atoms with Crippen molar-refractivity contribution in [3.05, 3.63) is 80.1 Å². The number of hydrogen-bond donors (Lipinski definition) is 0. The molecule has 0 saturated carbocycles. The summed E-state index contributed by atoms with van der Waals surface area (Å²) in [5.41, 5.74) is 2.20. The van der Waals surface area contributed by atoms with Crippen molar-refractivity contribution in [1.82, 2.24) is 0 Å². The first-order chi connectivity index (χ1) is 14.7. The molecule has 31 heavy (non-hydrogen) atoms. The average Bonchev–Trinajstić information content (AvgIpc) is 2.98. The number of allylic oxidation sites excluding steroid dienone is 1. The van der Waals surface area contributed by atoms with Crippen molar-refractivity contribution >= 4 is 49.9 Å². The van der Waals surface area contributed by atoms with Gasteiger partial charge in [-0.2, -0.15) is 0 Å². The van der Waals surface area contributed by atoms with Crippen molar-refractivity contribution in [3.8, 4) is 0 Å². The second-order valence-electron chi connectivity index (χ2n) is 8.86. The maximum Gasteiger partial charge on any atom is 0.347 e. The third kappa shape index (κ3) is 3.00. The molecular formula is C25H20BrNO4. The van der Waals surface area contributed by atoms with Gasteiger partial charge in [0.2, 0.25) is 0 Å². The summed E-state index contributed by atoms with van der Waals surface area (Å²) < 4.78 is 6.16. The SMILES string of the molecule is CC1CC(C)(C)N2C(=O)C(=CC(=O)c3cc4ccccc4oc3=O)c3cc(Br)cc1c32. The van der Waals surface area contributed by atoms with E-state index in [0.29, 0.717) is 22.1 Å². The van der Waals surface area contributed by atoms with Gasteiger partial charge < -0.3 is 9.32 Å². The van der Waals surface area contributed by atoms with E-state index < -0.39 is 11.4 Å². The minimum Gasteiger partial charge on any atom is -0.422 e. The van der Waals surface area contributed by atoms with E-state index in [0.717, 1.165) is 22.1 Å². The van der Waals surface area contributed by atoms with Gasteiger partial charge in [0.05, 0.1) is 11.3 Å². The lowest BCUT2D eigenvalue weighted by Gasteiger charge is -2.43. The van der Waals surface area contributed by atoms with Crippen LogP contribution in [0.3, 0.4) is 0 Å². The van der Waals surface area contributed by atoms with Crippen LogP contribution in [0.5, 0.6) is 0 Å². The fraction of sp³-hybridized carbons (Fsp3) is 0.240. The first-order valence-electron chi connectivity index (χ1n) is 10.1. The third-order valence-electron chi connectivity index (χ3n) is 6.18. The Kier molecular flexibility index (Phi) is 4.35. The molecule has 0 bridgehead atoms. The zero-order chi connectivity index (χ0) is 22.1. The number of carbonyl (C=O) groups excluding carboxylic acids is 2. The summed E-state index contributed by atoms with van der Waals surface area (Å²) in [6, 6.07) is 12.5. The quantitative estimate of drug-likeness (QED) is 0.279. The number of anilines is 1. The van der Waals surface area contributed by atoms with Gasteiger partial charge in [-0.3, -0.25) is 9.59 Å². The van der Waals surface area contributed by atoms with Gasteiger partial charge in [-0.15, -0.1) is 0 Å². The zero-order valence-corrected chi connectivity index (χ0v) is 18.9. The second-order valence-corrected chi connectivity index (χ2v) is 9.77. The topological polar surface area (TPSA) is 67.6 Å². The summed E-state index contributed by atoms with van der Waals surface area (Å²) >= 11 is 3.55. The van der Waals surface area contributed by atoms with Gasteiger partial charge in [0.25, 0.3) is 5.91 Å².